The van der Waals surface area contributed by atoms with Gasteiger partial charge in [-0.25, -0.2) is 0 Å². The average Bonchev–Trinajstić information content (AvgIpc) is 1.62. The van der Waals surface area contributed by atoms with Gasteiger partial charge in [0.1, 0.15) is 0 Å². The van der Waals surface area contributed by atoms with Crippen molar-refractivity contribution in [3.63, 3.8) is 0 Å². The van der Waals surface area contributed by atoms with Crippen molar-refractivity contribution in [1.29, 1.82) is 0 Å². The third-order valence-corrected chi connectivity index (χ3v) is 1.02. The molecule has 0 bridgehead atoms. The molecule has 0 amide bonds. The first-order chi connectivity index (χ1) is 3.95. The van der Waals surface area contributed by atoms with Gasteiger partial charge in [-0.1, -0.05) is 5.57 Å². The highest BCUT2D eigenvalue weighted by molar-refractivity contribution is 5.00. The second-order valence-electron chi connectivity index (χ2n) is 3.18. The minimum atomic E-state index is -0.125. The highest BCUT2D eigenvalue weighted by atomic mass is 14.7. The van der Waals surface area contributed by atoms with Crippen LogP contribution in [0.1, 0.15) is 27.2 Å². The Kier molecular flexibility index (Phi) is 2.71. The van der Waals surface area contributed by atoms with Crippen LogP contribution in [0.2, 0.25) is 0 Å². The molecular weight excluding hydrogens is 112 g/mol. The van der Waals surface area contributed by atoms with E-state index >= 15 is 0 Å². The second-order valence-corrected chi connectivity index (χ2v) is 3.18. The van der Waals surface area contributed by atoms with E-state index in [9.17, 15) is 0 Å². The Morgan fingerprint density at radius 1 is 1.56 bits per heavy atom. The summed E-state index contributed by atoms with van der Waals surface area (Å²) in [5.74, 6) is 0. The minimum absolute atomic E-state index is 0.125. The quantitative estimate of drug-likeness (QED) is 0.582. The highest BCUT2D eigenvalue weighted by Gasteiger charge is 2.09. The predicted molar refractivity (Wildman–Crippen MR) is 40.8 cm³/mol. The van der Waals surface area contributed by atoms with Crippen molar-refractivity contribution in [3.05, 3.63) is 11.8 Å². The van der Waals surface area contributed by atoms with Crippen molar-refractivity contribution in [1.82, 2.24) is 0 Å². The Bertz CT molecular complexity index is 109. The van der Waals surface area contributed by atoms with Crippen LogP contribution in [-0.4, -0.2) is 5.54 Å². The normalized spacial score (nSPS) is 14.0. The Labute approximate surface area is 56.9 Å². The van der Waals surface area contributed by atoms with Crippen LogP contribution in [0.3, 0.4) is 0 Å². The van der Waals surface area contributed by atoms with Crippen molar-refractivity contribution in [2.45, 2.75) is 32.7 Å². The van der Waals surface area contributed by atoms with Crippen molar-refractivity contribution >= 4 is 0 Å². The largest absolute Gasteiger partial charge is 0.405 e. The fourth-order valence-electron chi connectivity index (χ4n) is 0.778. The van der Waals surface area contributed by atoms with Gasteiger partial charge < -0.3 is 11.5 Å². The lowest BCUT2D eigenvalue weighted by molar-refractivity contribution is 0.514. The van der Waals surface area contributed by atoms with Gasteiger partial charge in [0.15, 0.2) is 0 Å². The maximum atomic E-state index is 5.72. The Hall–Kier alpha value is -0.500. The summed E-state index contributed by atoms with van der Waals surface area (Å²) in [7, 11) is 0. The fraction of sp³-hybridized carbons (Fsp3) is 0.714. The van der Waals surface area contributed by atoms with Crippen molar-refractivity contribution in [2.75, 3.05) is 0 Å². The van der Waals surface area contributed by atoms with Crippen molar-refractivity contribution in [2.24, 2.45) is 11.5 Å². The topological polar surface area (TPSA) is 52.0 Å². The van der Waals surface area contributed by atoms with E-state index in [2.05, 4.69) is 0 Å². The third-order valence-electron chi connectivity index (χ3n) is 1.02. The molecule has 0 spiro atoms. The molecule has 0 aliphatic carbocycles. The zero-order valence-corrected chi connectivity index (χ0v) is 6.44. The van der Waals surface area contributed by atoms with Crippen molar-refractivity contribution in [3.8, 4) is 0 Å². The molecule has 0 aliphatic heterocycles. The van der Waals surface area contributed by atoms with E-state index in [4.69, 9.17) is 11.5 Å². The van der Waals surface area contributed by atoms with E-state index < -0.39 is 0 Å². The molecule has 0 aliphatic rings. The molecular formula is C7H16N2. The molecule has 0 rings (SSSR count). The molecule has 0 aromatic rings. The van der Waals surface area contributed by atoms with Crippen LogP contribution in [-0.2, 0) is 0 Å². The molecule has 0 aromatic carbocycles. The van der Waals surface area contributed by atoms with E-state index in [0.29, 0.717) is 0 Å². The van der Waals surface area contributed by atoms with Gasteiger partial charge in [-0.3, -0.25) is 0 Å². The highest BCUT2D eigenvalue weighted by Crippen LogP contribution is 2.10. The smallest absolute Gasteiger partial charge is 0.0135 e. The van der Waals surface area contributed by atoms with Gasteiger partial charge in [0, 0.05) is 5.54 Å². The Balaban J connectivity index is 3.75. The SMILES string of the molecule is C/C(=C\N)CC(C)(C)N. The molecule has 2 nitrogen and oxygen atoms in total. The molecule has 9 heavy (non-hydrogen) atoms. The monoisotopic (exact) mass is 128 g/mol. The predicted octanol–water partition coefficient (Wildman–Crippen LogP) is 0.976. The van der Waals surface area contributed by atoms with Crippen molar-refractivity contribution < 1.29 is 0 Å². The lowest BCUT2D eigenvalue weighted by atomic mass is 9.98. The number of hydrogen-bond acceptors (Lipinski definition) is 2. The summed E-state index contributed by atoms with van der Waals surface area (Å²) in [6, 6.07) is 0. The first kappa shape index (κ1) is 8.50. The standard InChI is InChI=1S/C7H16N2/c1-6(5-8)4-7(2,3)9/h5H,4,8-9H2,1-3H3/b6-5+. The first-order valence-electron chi connectivity index (χ1n) is 3.12. The van der Waals surface area contributed by atoms with Crippen LogP contribution in [0.5, 0.6) is 0 Å². The summed E-state index contributed by atoms with van der Waals surface area (Å²) in [5.41, 5.74) is 12.0. The van der Waals surface area contributed by atoms with Gasteiger partial charge in [0.05, 0.1) is 0 Å². The summed E-state index contributed by atoms with van der Waals surface area (Å²) in [5, 5.41) is 0. The lowest BCUT2D eigenvalue weighted by Crippen LogP contribution is -2.31. The Morgan fingerprint density at radius 2 is 2.00 bits per heavy atom. The summed E-state index contributed by atoms with van der Waals surface area (Å²) in [6.07, 6.45) is 2.47. The van der Waals surface area contributed by atoms with Gasteiger partial charge in [0.25, 0.3) is 0 Å². The molecule has 0 unspecified atom stereocenters. The minimum Gasteiger partial charge on any atom is -0.405 e. The maximum Gasteiger partial charge on any atom is 0.0135 e. The van der Waals surface area contributed by atoms with Gasteiger partial charge >= 0.3 is 0 Å². The molecule has 0 aromatic heterocycles. The fourth-order valence-corrected chi connectivity index (χ4v) is 0.778. The third kappa shape index (κ3) is 5.37. The summed E-state index contributed by atoms with van der Waals surface area (Å²) in [4.78, 5) is 0. The molecule has 0 fully saturated rings. The number of nitrogens with two attached hydrogens (primary N) is 2. The van der Waals surface area contributed by atoms with Gasteiger partial charge in [-0.15, -0.1) is 0 Å². The zero-order chi connectivity index (χ0) is 7.49. The Morgan fingerprint density at radius 3 is 2.11 bits per heavy atom. The lowest BCUT2D eigenvalue weighted by Gasteiger charge is -2.17. The maximum absolute atomic E-state index is 5.72. The van der Waals surface area contributed by atoms with Crippen LogP contribution in [0.25, 0.3) is 0 Å². The van der Waals surface area contributed by atoms with Crippen LogP contribution in [0, 0.1) is 0 Å². The molecule has 0 saturated carbocycles. The number of rotatable bonds is 2. The molecule has 0 heterocycles. The average molecular weight is 128 g/mol. The van der Waals surface area contributed by atoms with Crippen LogP contribution >= 0.6 is 0 Å². The van der Waals surface area contributed by atoms with E-state index in [1.165, 1.54) is 0 Å². The zero-order valence-electron chi connectivity index (χ0n) is 6.44. The van der Waals surface area contributed by atoms with Crippen LogP contribution in [0.15, 0.2) is 11.8 Å². The summed E-state index contributed by atoms with van der Waals surface area (Å²) >= 11 is 0. The van der Waals surface area contributed by atoms with Gasteiger partial charge in [0.2, 0.25) is 0 Å². The summed E-state index contributed by atoms with van der Waals surface area (Å²) < 4.78 is 0. The molecule has 4 N–H and O–H groups in total. The van der Waals surface area contributed by atoms with Crippen LogP contribution in [0.4, 0.5) is 0 Å². The van der Waals surface area contributed by atoms with E-state index in [0.717, 1.165) is 12.0 Å². The van der Waals surface area contributed by atoms with Crippen LogP contribution < -0.4 is 11.5 Å². The molecule has 0 radical (unpaired) electrons. The second kappa shape index (κ2) is 2.87. The number of hydrogen-bond donors (Lipinski definition) is 2. The molecule has 2 heteroatoms. The molecule has 0 saturated heterocycles. The van der Waals surface area contributed by atoms with E-state index in [-0.39, 0.29) is 5.54 Å². The van der Waals surface area contributed by atoms with Gasteiger partial charge in [-0.05, 0) is 33.4 Å². The van der Waals surface area contributed by atoms with E-state index in [1.807, 2.05) is 20.8 Å². The van der Waals surface area contributed by atoms with E-state index in [1.54, 1.807) is 6.20 Å². The molecule has 0 atom stereocenters. The van der Waals surface area contributed by atoms with Gasteiger partial charge in [-0.2, -0.15) is 0 Å². The first-order valence-corrected chi connectivity index (χ1v) is 3.12. The summed E-state index contributed by atoms with van der Waals surface area (Å²) in [6.45, 7) is 5.95. The molecule has 54 valence electrons.